The maximum atomic E-state index is 6.15. The number of allylic oxidation sites excluding steroid dienone is 1. The van der Waals surface area contributed by atoms with Crippen LogP contribution in [0.4, 0.5) is 11.4 Å². The second-order valence-corrected chi connectivity index (χ2v) is 9.08. The number of ether oxygens (including phenoxy) is 2. The van der Waals surface area contributed by atoms with Gasteiger partial charge in [0.15, 0.2) is 18.4 Å². The van der Waals surface area contributed by atoms with Crippen LogP contribution in [0.15, 0.2) is 97.6 Å². The van der Waals surface area contributed by atoms with Crippen LogP contribution in [0, 0.1) is 0 Å². The summed E-state index contributed by atoms with van der Waals surface area (Å²) in [5.41, 5.74) is 5.94. The number of fused-ring (bicyclic) bond motifs is 1. The summed E-state index contributed by atoms with van der Waals surface area (Å²) in [7, 11) is 0. The van der Waals surface area contributed by atoms with Gasteiger partial charge in [0.05, 0.1) is 17.1 Å². The minimum absolute atomic E-state index is 0.350. The van der Waals surface area contributed by atoms with Gasteiger partial charge in [-0.05, 0) is 41.8 Å². The number of rotatable bonds is 8. The van der Waals surface area contributed by atoms with Crippen molar-refractivity contribution in [3.63, 3.8) is 0 Å². The third-order valence-corrected chi connectivity index (χ3v) is 6.69. The van der Waals surface area contributed by atoms with Gasteiger partial charge in [-0.3, -0.25) is 4.90 Å². The lowest BCUT2D eigenvalue weighted by atomic mass is 9.98. The van der Waals surface area contributed by atoms with Gasteiger partial charge in [0.2, 0.25) is 0 Å². The van der Waals surface area contributed by atoms with Crippen LogP contribution in [0.5, 0.6) is 5.75 Å². The molecule has 1 atom stereocenters. The zero-order valence-corrected chi connectivity index (χ0v) is 20.4. The first kappa shape index (κ1) is 23.1. The molecular formula is C30H33N3O2. The number of hydrogen-bond acceptors (Lipinski definition) is 5. The van der Waals surface area contributed by atoms with Crippen LogP contribution >= 0.6 is 0 Å². The molecule has 35 heavy (non-hydrogen) atoms. The molecule has 0 saturated carbocycles. The Labute approximate surface area is 208 Å². The van der Waals surface area contributed by atoms with Crippen molar-refractivity contribution in [2.75, 3.05) is 36.2 Å². The first-order chi connectivity index (χ1) is 17.1. The van der Waals surface area contributed by atoms with E-state index < -0.39 is 0 Å². The van der Waals surface area contributed by atoms with Gasteiger partial charge in [0, 0.05) is 32.1 Å². The van der Waals surface area contributed by atoms with Crippen molar-refractivity contribution in [2.24, 2.45) is 0 Å². The van der Waals surface area contributed by atoms with Gasteiger partial charge in [0.1, 0.15) is 0 Å². The molecule has 5 rings (SSSR count). The molecule has 5 heteroatoms. The van der Waals surface area contributed by atoms with E-state index >= 15 is 0 Å². The SMILES string of the molecule is C=C(CC)OCN1C(=C)Oc2c(N3CCNC(Cc4cccc(-c5ccccc5)c4)C3)cccc21. The molecule has 2 heterocycles. The van der Waals surface area contributed by atoms with Gasteiger partial charge in [-0.1, -0.05) is 74.2 Å². The van der Waals surface area contributed by atoms with Crippen LogP contribution in [0.1, 0.15) is 18.9 Å². The van der Waals surface area contributed by atoms with Crippen LogP contribution in [0.3, 0.4) is 0 Å². The van der Waals surface area contributed by atoms with E-state index in [0.29, 0.717) is 18.7 Å². The summed E-state index contributed by atoms with van der Waals surface area (Å²) in [5, 5.41) is 3.71. The topological polar surface area (TPSA) is 37.0 Å². The highest BCUT2D eigenvalue weighted by Gasteiger charge is 2.31. The number of nitrogens with one attached hydrogen (secondary N) is 1. The predicted octanol–water partition coefficient (Wildman–Crippen LogP) is 5.94. The molecule has 2 aliphatic rings. The largest absolute Gasteiger partial charge is 0.478 e. The van der Waals surface area contributed by atoms with E-state index in [0.717, 1.165) is 55.4 Å². The molecule has 0 spiro atoms. The Bertz CT molecular complexity index is 1210. The van der Waals surface area contributed by atoms with E-state index in [1.54, 1.807) is 0 Å². The normalized spacial score (nSPS) is 17.2. The number of piperazine rings is 1. The first-order valence-electron chi connectivity index (χ1n) is 12.3. The third kappa shape index (κ3) is 5.05. The number of benzene rings is 3. The number of para-hydroxylation sites is 1. The summed E-state index contributed by atoms with van der Waals surface area (Å²) in [5.74, 6) is 2.19. The van der Waals surface area contributed by atoms with E-state index in [4.69, 9.17) is 9.47 Å². The fourth-order valence-electron chi connectivity index (χ4n) is 4.76. The highest BCUT2D eigenvalue weighted by molar-refractivity contribution is 5.77. The summed E-state index contributed by atoms with van der Waals surface area (Å²) < 4.78 is 11.9. The minimum Gasteiger partial charge on any atom is -0.478 e. The van der Waals surface area contributed by atoms with Gasteiger partial charge in [-0.15, -0.1) is 0 Å². The van der Waals surface area contributed by atoms with Gasteiger partial charge < -0.3 is 19.7 Å². The Balaban J connectivity index is 1.30. The number of nitrogens with zero attached hydrogens (tertiary/aromatic N) is 2. The van der Waals surface area contributed by atoms with E-state index in [1.807, 2.05) is 11.8 Å². The highest BCUT2D eigenvalue weighted by Crippen LogP contribution is 2.45. The second kappa shape index (κ2) is 10.3. The Kier molecular flexibility index (Phi) is 6.77. The molecular weight excluding hydrogens is 434 g/mol. The molecule has 1 unspecified atom stereocenters. The van der Waals surface area contributed by atoms with Gasteiger partial charge in [0.25, 0.3) is 0 Å². The standard InChI is InChI=1S/C30H33N3O2/c1-4-22(2)34-21-33-23(3)35-30-28(14-9-15-29(30)33)32-17-16-31-27(20-32)19-24-10-8-13-26(18-24)25-11-6-5-7-12-25/h5-15,18,27,31H,2-4,16-17,19-21H2,1H3. The maximum absolute atomic E-state index is 6.15. The van der Waals surface area contributed by atoms with Crippen molar-refractivity contribution in [1.29, 1.82) is 0 Å². The molecule has 1 saturated heterocycles. The molecule has 0 bridgehead atoms. The van der Waals surface area contributed by atoms with E-state index in [9.17, 15) is 0 Å². The fourth-order valence-corrected chi connectivity index (χ4v) is 4.76. The summed E-state index contributed by atoms with van der Waals surface area (Å²) in [6.45, 7) is 13.2. The van der Waals surface area contributed by atoms with Crippen molar-refractivity contribution in [3.8, 4) is 16.9 Å². The highest BCUT2D eigenvalue weighted by atomic mass is 16.5. The molecule has 3 aromatic carbocycles. The molecule has 0 amide bonds. The summed E-state index contributed by atoms with van der Waals surface area (Å²) >= 11 is 0. The summed E-state index contributed by atoms with van der Waals surface area (Å²) in [6, 6.07) is 26.1. The quantitative estimate of drug-likeness (QED) is 0.415. The molecule has 1 N–H and O–H groups in total. The lowest BCUT2D eigenvalue weighted by molar-refractivity contribution is 0.205. The average Bonchev–Trinajstić information content (AvgIpc) is 3.23. The van der Waals surface area contributed by atoms with Crippen molar-refractivity contribution in [3.05, 3.63) is 103 Å². The van der Waals surface area contributed by atoms with Crippen molar-refractivity contribution in [2.45, 2.75) is 25.8 Å². The third-order valence-electron chi connectivity index (χ3n) is 6.69. The summed E-state index contributed by atoms with van der Waals surface area (Å²) in [4.78, 5) is 4.39. The Hall–Kier alpha value is -3.70. The lowest BCUT2D eigenvalue weighted by Crippen LogP contribution is -2.51. The minimum atomic E-state index is 0.350. The van der Waals surface area contributed by atoms with Gasteiger partial charge in [-0.25, -0.2) is 0 Å². The average molecular weight is 468 g/mol. The molecule has 180 valence electrons. The monoisotopic (exact) mass is 467 g/mol. The molecule has 1 fully saturated rings. The van der Waals surface area contributed by atoms with Crippen LogP contribution in [-0.2, 0) is 11.2 Å². The van der Waals surface area contributed by atoms with Crippen molar-refractivity contribution >= 4 is 11.4 Å². The van der Waals surface area contributed by atoms with Crippen LogP contribution in [0.25, 0.3) is 11.1 Å². The Morgan fingerprint density at radius 1 is 1.03 bits per heavy atom. The Morgan fingerprint density at radius 3 is 2.63 bits per heavy atom. The van der Waals surface area contributed by atoms with Crippen molar-refractivity contribution < 1.29 is 9.47 Å². The zero-order valence-electron chi connectivity index (χ0n) is 20.4. The molecule has 0 radical (unpaired) electrons. The van der Waals surface area contributed by atoms with Crippen molar-refractivity contribution in [1.82, 2.24) is 5.32 Å². The number of hydrogen-bond donors (Lipinski definition) is 1. The molecule has 2 aliphatic heterocycles. The predicted molar refractivity (Wildman–Crippen MR) is 144 cm³/mol. The number of anilines is 2. The van der Waals surface area contributed by atoms with Crippen LogP contribution < -0.4 is 19.9 Å². The van der Waals surface area contributed by atoms with E-state index in [-0.39, 0.29) is 0 Å². The maximum Gasteiger partial charge on any atom is 0.196 e. The zero-order chi connectivity index (χ0) is 24.2. The lowest BCUT2D eigenvalue weighted by Gasteiger charge is -2.36. The van der Waals surface area contributed by atoms with E-state index in [2.05, 4.69) is 96.2 Å². The first-order valence-corrected chi connectivity index (χ1v) is 12.3. The fraction of sp³-hybridized carbons (Fsp3) is 0.267. The van der Waals surface area contributed by atoms with Crippen LogP contribution in [0.2, 0.25) is 0 Å². The summed E-state index contributed by atoms with van der Waals surface area (Å²) in [6.07, 6.45) is 1.75. The van der Waals surface area contributed by atoms with Gasteiger partial charge in [-0.2, -0.15) is 0 Å². The van der Waals surface area contributed by atoms with Gasteiger partial charge >= 0.3 is 0 Å². The second-order valence-electron chi connectivity index (χ2n) is 9.08. The molecule has 5 nitrogen and oxygen atoms in total. The smallest absolute Gasteiger partial charge is 0.196 e. The molecule has 3 aromatic rings. The molecule has 0 aromatic heterocycles. The van der Waals surface area contributed by atoms with E-state index in [1.165, 1.54) is 16.7 Å². The van der Waals surface area contributed by atoms with Crippen LogP contribution in [-0.4, -0.2) is 32.4 Å². The Morgan fingerprint density at radius 2 is 1.80 bits per heavy atom. The molecule has 0 aliphatic carbocycles.